The summed E-state index contributed by atoms with van der Waals surface area (Å²) in [5.41, 5.74) is 3.71. The van der Waals surface area contributed by atoms with E-state index in [0.29, 0.717) is 17.2 Å². The molecule has 0 radical (unpaired) electrons. The molecule has 0 amide bonds. The Hall–Kier alpha value is -1.84. The van der Waals surface area contributed by atoms with Gasteiger partial charge in [-0.25, -0.2) is 0 Å². The molecule has 0 bridgehead atoms. The van der Waals surface area contributed by atoms with Crippen molar-refractivity contribution in [1.29, 1.82) is 0 Å². The van der Waals surface area contributed by atoms with Crippen LogP contribution < -0.4 is 4.74 Å². The lowest BCUT2D eigenvalue weighted by Crippen LogP contribution is -2.24. The Morgan fingerprint density at radius 3 is 2.69 bits per heavy atom. The van der Waals surface area contributed by atoms with Crippen LogP contribution in [-0.4, -0.2) is 31.0 Å². The van der Waals surface area contributed by atoms with Gasteiger partial charge in [-0.15, -0.1) is 0 Å². The predicted molar refractivity (Wildman–Crippen MR) is 106 cm³/mol. The number of benzene rings is 2. The summed E-state index contributed by atoms with van der Waals surface area (Å²) >= 11 is 6.43. The number of halogens is 1. The molecular weight excluding hydrogens is 346 g/mol. The predicted octanol–water partition coefficient (Wildman–Crippen LogP) is 4.91. The molecule has 0 spiro atoms. The van der Waals surface area contributed by atoms with Crippen LogP contribution in [0.25, 0.3) is 0 Å². The van der Waals surface area contributed by atoms with Gasteiger partial charge in [-0.3, -0.25) is 4.79 Å². The monoisotopic (exact) mass is 371 g/mol. The summed E-state index contributed by atoms with van der Waals surface area (Å²) in [6.45, 7) is 5.92. The van der Waals surface area contributed by atoms with Crippen molar-refractivity contribution in [1.82, 2.24) is 4.90 Å². The molecule has 1 heterocycles. The number of esters is 1. The van der Waals surface area contributed by atoms with E-state index in [-0.39, 0.29) is 17.8 Å². The number of fused-ring (bicyclic) bond motifs is 1. The van der Waals surface area contributed by atoms with Gasteiger partial charge < -0.3 is 9.64 Å². The standard InChI is InChI=1S/C22H26ClNO2/c1-15(2)11-22(25)26-21-13-18-17(12-20(21)23)9-10-24(3)14-19(18)16-7-5-4-6-8-16/h4-8,12-13,15,19H,9-11,14H2,1-3H3/t19-/m0/s1. The summed E-state index contributed by atoms with van der Waals surface area (Å²) in [7, 11) is 2.15. The average Bonchev–Trinajstić information content (AvgIpc) is 2.75. The van der Waals surface area contributed by atoms with E-state index in [2.05, 4.69) is 36.2 Å². The molecule has 1 atom stereocenters. The fourth-order valence-electron chi connectivity index (χ4n) is 3.51. The van der Waals surface area contributed by atoms with Crippen LogP contribution in [0.1, 0.15) is 42.9 Å². The summed E-state index contributed by atoms with van der Waals surface area (Å²) in [6, 6.07) is 14.4. The number of hydrogen-bond donors (Lipinski definition) is 0. The van der Waals surface area contributed by atoms with Crippen molar-refractivity contribution in [3.8, 4) is 5.75 Å². The van der Waals surface area contributed by atoms with Crippen molar-refractivity contribution in [2.75, 3.05) is 20.1 Å². The summed E-state index contributed by atoms with van der Waals surface area (Å²) in [5.74, 6) is 0.733. The second kappa shape index (κ2) is 8.24. The largest absolute Gasteiger partial charge is 0.425 e. The first kappa shape index (κ1) is 18.9. The van der Waals surface area contributed by atoms with Gasteiger partial charge in [0.15, 0.2) is 0 Å². The smallest absolute Gasteiger partial charge is 0.311 e. The summed E-state index contributed by atoms with van der Waals surface area (Å²) in [5, 5.41) is 0.511. The van der Waals surface area contributed by atoms with Crippen LogP contribution in [0.3, 0.4) is 0 Å². The van der Waals surface area contributed by atoms with Crippen LogP contribution in [0.5, 0.6) is 5.75 Å². The first-order chi connectivity index (χ1) is 12.4. The normalized spacial score (nSPS) is 17.7. The van der Waals surface area contributed by atoms with E-state index in [1.165, 1.54) is 16.7 Å². The highest BCUT2D eigenvalue weighted by molar-refractivity contribution is 6.32. The highest BCUT2D eigenvalue weighted by Crippen LogP contribution is 2.37. The highest BCUT2D eigenvalue weighted by atomic mass is 35.5. The molecule has 26 heavy (non-hydrogen) atoms. The van der Waals surface area contributed by atoms with Gasteiger partial charge in [0, 0.05) is 25.4 Å². The van der Waals surface area contributed by atoms with Crippen molar-refractivity contribution in [2.45, 2.75) is 32.6 Å². The molecule has 138 valence electrons. The van der Waals surface area contributed by atoms with Gasteiger partial charge in [-0.2, -0.15) is 0 Å². The molecule has 0 saturated carbocycles. The molecule has 1 aliphatic heterocycles. The van der Waals surface area contributed by atoms with Crippen LogP contribution >= 0.6 is 11.6 Å². The Morgan fingerprint density at radius 1 is 1.27 bits per heavy atom. The van der Waals surface area contributed by atoms with Crippen molar-refractivity contribution in [3.63, 3.8) is 0 Å². The van der Waals surface area contributed by atoms with Crippen LogP contribution in [0.2, 0.25) is 5.02 Å². The molecule has 0 N–H and O–H groups in total. The molecule has 0 aliphatic carbocycles. The van der Waals surface area contributed by atoms with Gasteiger partial charge in [0.1, 0.15) is 5.75 Å². The molecule has 0 aromatic heterocycles. The molecular formula is C22H26ClNO2. The van der Waals surface area contributed by atoms with E-state index in [4.69, 9.17) is 16.3 Å². The number of rotatable bonds is 4. The minimum absolute atomic E-state index is 0.233. The maximum Gasteiger partial charge on any atom is 0.311 e. The average molecular weight is 372 g/mol. The van der Waals surface area contributed by atoms with Crippen molar-refractivity contribution >= 4 is 17.6 Å². The van der Waals surface area contributed by atoms with Crippen molar-refractivity contribution < 1.29 is 9.53 Å². The summed E-state index contributed by atoms with van der Waals surface area (Å²) in [4.78, 5) is 14.5. The van der Waals surface area contributed by atoms with Crippen LogP contribution in [0.4, 0.5) is 0 Å². The van der Waals surface area contributed by atoms with Gasteiger partial charge in [0.2, 0.25) is 0 Å². The topological polar surface area (TPSA) is 29.5 Å². The number of hydrogen-bond acceptors (Lipinski definition) is 3. The van der Waals surface area contributed by atoms with Crippen molar-refractivity contribution in [2.24, 2.45) is 5.92 Å². The van der Waals surface area contributed by atoms with Crippen LogP contribution in [0.15, 0.2) is 42.5 Å². The molecule has 3 rings (SSSR count). The van der Waals surface area contributed by atoms with E-state index < -0.39 is 0 Å². The minimum atomic E-state index is -0.233. The van der Waals surface area contributed by atoms with Crippen LogP contribution in [-0.2, 0) is 11.2 Å². The third-order valence-electron chi connectivity index (χ3n) is 4.83. The fraction of sp³-hybridized carbons (Fsp3) is 0.409. The zero-order chi connectivity index (χ0) is 18.7. The quantitative estimate of drug-likeness (QED) is 0.564. The highest BCUT2D eigenvalue weighted by Gasteiger charge is 2.25. The van der Waals surface area contributed by atoms with E-state index >= 15 is 0 Å². The first-order valence-corrected chi connectivity index (χ1v) is 9.58. The zero-order valence-electron chi connectivity index (χ0n) is 15.7. The second-order valence-corrected chi connectivity index (χ2v) is 7.94. The molecule has 2 aromatic rings. The number of carbonyl (C=O) groups excluding carboxylic acids is 1. The SMILES string of the molecule is CC(C)CC(=O)Oc1cc2c(cc1Cl)CCN(C)C[C@H]2c1ccccc1. The number of likely N-dealkylation sites (N-methyl/N-ethyl adjacent to an activating group) is 1. The number of ether oxygens (including phenoxy) is 1. The molecule has 4 heteroatoms. The molecule has 1 aliphatic rings. The maximum absolute atomic E-state index is 12.1. The molecule has 0 saturated heterocycles. The lowest BCUT2D eigenvalue weighted by Gasteiger charge is -2.22. The number of nitrogens with zero attached hydrogens (tertiary/aromatic N) is 1. The van der Waals surface area contributed by atoms with Gasteiger partial charge >= 0.3 is 5.97 Å². The molecule has 3 nitrogen and oxygen atoms in total. The molecule has 0 fully saturated rings. The van der Waals surface area contributed by atoms with E-state index in [1.807, 2.05) is 32.0 Å². The van der Waals surface area contributed by atoms with Crippen molar-refractivity contribution in [3.05, 3.63) is 64.2 Å². The Morgan fingerprint density at radius 2 is 2.00 bits per heavy atom. The van der Waals surface area contributed by atoms with E-state index in [1.54, 1.807) is 0 Å². The Balaban J connectivity index is 1.99. The van der Waals surface area contributed by atoms with Gasteiger partial charge in [0.25, 0.3) is 0 Å². The first-order valence-electron chi connectivity index (χ1n) is 9.20. The molecule has 0 unspecified atom stereocenters. The summed E-state index contributed by atoms with van der Waals surface area (Å²) < 4.78 is 5.59. The zero-order valence-corrected chi connectivity index (χ0v) is 16.4. The Bertz CT molecular complexity index is 773. The van der Waals surface area contributed by atoms with Gasteiger partial charge in [-0.1, -0.05) is 55.8 Å². The maximum atomic E-state index is 12.1. The van der Waals surface area contributed by atoms with E-state index in [9.17, 15) is 4.79 Å². The second-order valence-electron chi connectivity index (χ2n) is 7.53. The Kier molecular flexibility index (Phi) is 6.00. The van der Waals surface area contributed by atoms with Crippen LogP contribution in [0, 0.1) is 5.92 Å². The minimum Gasteiger partial charge on any atom is -0.425 e. The Labute approximate surface area is 160 Å². The fourth-order valence-corrected chi connectivity index (χ4v) is 3.73. The van der Waals surface area contributed by atoms with E-state index in [0.717, 1.165) is 19.5 Å². The third kappa shape index (κ3) is 4.46. The van der Waals surface area contributed by atoms with Gasteiger partial charge in [-0.05, 0) is 48.2 Å². The lowest BCUT2D eigenvalue weighted by molar-refractivity contribution is -0.135. The van der Waals surface area contributed by atoms with Gasteiger partial charge in [0.05, 0.1) is 5.02 Å². The number of carbonyl (C=O) groups is 1. The molecule has 2 aromatic carbocycles. The summed E-state index contributed by atoms with van der Waals surface area (Å²) in [6.07, 6.45) is 1.33. The lowest BCUT2D eigenvalue weighted by atomic mass is 9.88. The third-order valence-corrected chi connectivity index (χ3v) is 5.12.